The quantitative estimate of drug-likeness (QED) is 0.868. The van der Waals surface area contributed by atoms with Crippen molar-refractivity contribution in [3.8, 4) is 0 Å². The normalized spacial score (nSPS) is 23.9. The Bertz CT molecular complexity index is 425. The number of ketones is 1. The largest absolute Gasteiger partial charge is 0.327 e. The molecular formula is C15H21NO. The van der Waals surface area contributed by atoms with Gasteiger partial charge >= 0.3 is 0 Å². The Morgan fingerprint density at radius 3 is 2.76 bits per heavy atom. The lowest BCUT2D eigenvalue weighted by Crippen LogP contribution is -2.31. The van der Waals surface area contributed by atoms with Crippen LogP contribution in [0.4, 0.5) is 0 Å². The molecule has 1 aliphatic carbocycles. The van der Waals surface area contributed by atoms with Gasteiger partial charge in [-0.1, -0.05) is 30.2 Å². The van der Waals surface area contributed by atoms with Gasteiger partial charge in [0.15, 0.2) is 0 Å². The molecule has 2 rings (SSSR count). The Hall–Kier alpha value is -1.15. The fourth-order valence-electron chi connectivity index (χ4n) is 2.70. The predicted octanol–water partition coefficient (Wildman–Crippen LogP) is 2.54. The summed E-state index contributed by atoms with van der Waals surface area (Å²) >= 11 is 0. The van der Waals surface area contributed by atoms with E-state index in [1.54, 1.807) is 0 Å². The number of nitrogens with two attached hydrogens (primary N) is 1. The second-order valence-corrected chi connectivity index (χ2v) is 5.27. The highest BCUT2D eigenvalue weighted by atomic mass is 16.1. The zero-order chi connectivity index (χ0) is 12.4. The van der Waals surface area contributed by atoms with Gasteiger partial charge in [0.05, 0.1) is 0 Å². The third-order valence-electron chi connectivity index (χ3n) is 3.85. The van der Waals surface area contributed by atoms with Gasteiger partial charge in [0.25, 0.3) is 0 Å². The van der Waals surface area contributed by atoms with Crippen LogP contribution >= 0.6 is 0 Å². The van der Waals surface area contributed by atoms with E-state index in [1.807, 2.05) is 0 Å². The molecule has 0 aromatic heterocycles. The first-order valence-corrected chi connectivity index (χ1v) is 6.42. The summed E-state index contributed by atoms with van der Waals surface area (Å²) in [6.45, 7) is 4.13. The van der Waals surface area contributed by atoms with Crippen LogP contribution < -0.4 is 5.73 Å². The Kier molecular flexibility index (Phi) is 3.63. The smallest absolute Gasteiger partial charge is 0.141 e. The topological polar surface area (TPSA) is 43.1 Å². The second-order valence-electron chi connectivity index (χ2n) is 5.27. The summed E-state index contributed by atoms with van der Waals surface area (Å²) < 4.78 is 0. The Labute approximate surface area is 103 Å². The first-order chi connectivity index (χ1) is 8.08. The van der Waals surface area contributed by atoms with Gasteiger partial charge in [-0.25, -0.2) is 0 Å². The highest BCUT2D eigenvalue weighted by molar-refractivity contribution is 5.84. The molecule has 2 atom stereocenters. The van der Waals surface area contributed by atoms with Crippen molar-refractivity contribution >= 4 is 5.78 Å². The molecule has 2 heteroatoms. The number of benzene rings is 1. The first kappa shape index (κ1) is 12.3. The van der Waals surface area contributed by atoms with E-state index in [-0.39, 0.29) is 12.0 Å². The van der Waals surface area contributed by atoms with Crippen LogP contribution in [0.3, 0.4) is 0 Å². The van der Waals surface area contributed by atoms with Gasteiger partial charge in [0, 0.05) is 18.4 Å². The molecule has 2 N–H and O–H groups in total. The average molecular weight is 231 g/mol. The van der Waals surface area contributed by atoms with Gasteiger partial charge in [-0.2, -0.15) is 0 Å². The van der Waals surface area contributed by atoms with Crippen LogP contribution in [0, 0.1) is 19.8 Å². The van der Waals surface area contributed by atoms with Gasteiger partial charge in [0.2, 0.25) is 0 Å². The molecule has 2 nitrogen and oxygen atoms in total. The number of Topliss-reactive ketones (excluding diaryl/α,β-unsaturated/α-hetero) is 1. The van der Waals surface area contributed by atoms with Crippen molar-refractivity contribution in [3.05, 3.63) is 34.9 Å². The van der Waals surface area contributed by atoms with Crippen LogP contribution in [0.2, 0.25) is 0 Å². The molecule has 0 saturated heterocycles. The standard InChI is InChI=1S/C15H21NO/c1-10-6-7-11(2)12(8-10)9-15(17)13-4-3-5-14(13)16/h6-8,13-14H,3-5,9,16H2,1-2H3. The maximum Gasteiger partial charge on any atom is 0.141 e. The van der Waals surface area contributed by atoms with Gasteiger partial charge in [-0.3, -0.25) is 4.79 Å². The molecule has 1 aliphatic rings. The number of hydrogen-bond acceptors (Lipinski definition) is 2. The van der Waals surface area contributed by atoms with Gasteiger partial charge in [-0.05, 0) is 37.8 Å². The number of aryl methyl sites for hydroxylation is 2. The van der Waals surface area contributed by atoms with Crippen molar-refractivity contribution in [2.45, 2.75) is 45.6 Å². The monoisotopic (exact) mass is 231 g/mol. The van der Waals surface area contributed by atoms with Gasteiger partial charge < -0.3 is 5.73 Å². The molecule has 0 aliphatic heterocycles. The lowest BCUT2D eigenvalue weighted by atomic mass is 9.92. The Morgan fingerprint density at radius 2 is 2.12 bits per heavy atom. The maximum atomic E-state index is 12.2. The highest BCUT2D eigenvalue weighted by Gasteiger charge is 2.29. The molecule has 0 heterocycles. The van der Waals surface area contributed by atoms with E-state index in [0.717, 1.165) is 24.8 Å². The summed E-state index contributed by atoms with van der Waals surface area (Å²) in [5.41, 5.74) is 9.56. The van der Waals surface area contributed by atoms with E-state index >= 15 is 0 Å². The molecule has 17 heavy (non-hydrogen) atoms. The second kappa shape index (κ2) is 5.01. The predicted molar refractivity (Wildman–Crippen MR) is 69.9 cm³/mol. The van der Waals surface area contributed by atoms with E-state index in [9.17, 15) is 4.79 Å². The van der Waals surface area contributed by atoms with E-state index in [0.29, 0.717) is 12.2 Å². The summed E-state index contributed by atoms with van der Waals surface area (Å²) in [4.78, 5) is 12.2. The van der Waals surface area contributed by atoms with Crippen molar-refractivity contribution in [2.24, 2.45) is 11.7 Å². The average Bonchev–Trinajstić information content (AvgIpc) is 2.70. The Balaban J connectivity index is 2.10. The number of rotatable bonds is 3. The summed E-state index contributed by atoms with van der Waals surface area (Å²) in [7, 11) is 0. The van der Waals surface area contributed by atoms with Crippen molar-refractivity contribution in [1.29, 1.82) is 0 Å². The third-order valence-corrected chi connectivity index (χ3v) is 3.85. The van der Waals surface area contributed by atoms with Crippen LogP contribution in [0.1, 0.15) is 36.0 Å². The van der Waals surface area contributed by atoms with Crippen molar-refractivity contribution in [1.82, 2.24) is 0 Å². The molecule has 1 aromatic carbocycles. The number of carbonyl (C=O) groups excluding carboxylic acids is 1. The lowest BCUT2D eigenvalue weighted by molar-refractivity contribution is -0.122. The molecule has 1 aromatic rings. The fourth-order valence-corrected chi connectivity index (χ4v) is 2.70. The maximum absolute atomic E-state index is 12.2. The first-order valence-electron chi connectivity index (χ1n) is 6.42. The van der Waals surface area contributed by atoms with E-state index in [4.69, 9.17) is 5.73 Å². The minimum Gasteiger partial charge on any atom is -0.327 e. The van der Waals surface area contributed by atoms with Crippen LogP contribution in [0.25, 0.3) is 0 Å². The Morgan fingerprint density at radius 1 is 1.35 bits per heavy atom. The van der Waals surface area contributed by atoms with E-state index in [1.165, 1.54) is 11.1 Å². The summed E-state index contributed by atoms with van der Waals surface area (Å²) in [5.74, 6) is 0.415. The molecule has 92 valence electrons. The van der Waals surface area contributed by atoms with Gasteiger partial charge in [0.1, 0.15) is 5.78 Å². The van der Waals surface area contributed by atoms with Crippen LogP contribution in [0.5, 0.6) is 0 Å². The number of hydrogen-bond donors (Lipinski definition) is 1. The fraction of sp³-hybridized carbons (Fsp3) is 0.533. The molecule has 1 fully saturated rings. The zero-order valence-electron chi connectivity index (χ0n) is 10.7. The molecule has 0 amide bonds. The minimum atomic E-state index is 0.0904. The molecular weight excluding hydrogens is 210 g/mol. The highest BCUT2D eigenvalue weighted by Crippen LogP contribution is 2.26. The van der Waals surface area contributed by atoms with Crippen LogP contribution in [0.15, 0.2) is 18.2 Å². The number of carbonyl (C=O) groups is 1. The summed E-state index contributed by atoms with van der Waals surface area (Å²) in [5, 5.41) is 0. The van der Waals surface area contributed by atoms with Crippen molar-refractivity contribution < 1.29 is 4.79 Å². The van der Waals surface area contributed by atoms with E-state index in [2.05, 4.69) is 32.0 Å². The van der Waals surface area contributed by atoms with Crippen molar-refractivity contribution in [2.75, 3.05) is 0 Å². The van der Waals surface area contributed by atoms with Crippen molar-refractivity contribution in [3.63, 3.8) is 0 Å². The van der Waals surface area contributed by atoms with Gasteiger partial charge in [-0.15, -0.1) is 0 Å². The molecule has 0 radical (unpaired) electrons. The van der Waals surface area contributed by atoms with E-state index < -0.39 is 0 Å². The minimum absolute atomic E-state index is 0.0904. The zero-order valence-corrected chi connectivity index (χ0v) is 10.7. The SMILES string of the molecule is Cc1ccc(C)c(CC(=O)C2CCCC2N)c1. The van der Waals surface area contributed by atoms with Crippen LogP contribution in [-0.4, -0.2) is 11.8 Å². The lowest BCUT2D eigenvalue weighted by Gasteiger charge is -2.15. The van der Waals surface area contributed by atoms with Crippen LogP contribution in [-0.2, 0) is 11.2 Å². The molecule has 1 saturated carbocycles. The third kappa shape index (κ3) is 2.75. The molecule has 0 spiro atoms. The summed E-state index contributed by atoms with van der Waals surface area (Å²) in [6, 6.07) is 6.39. The molecule has 0 bridgehead atoms. The molecule has 2 unspecified atom stereocenters. The summed E-state index contributed by atoms with van der Waals surface area (Å²) in [6.07, 6.45) is 3.63.